The second-order valence-electron chi connectivity index (χ2n) is 3.44. The maximum absolute atomic E-state index is 5.41. The van der Waals surface area contributed by atoms with Gasteiger partial charge in [-0.2, -0.15) is 0 Å². The highest BCUT2D eigenvalue weighted by Gasteiger charge is 1.98. The van der Waals surface area contributed by atoms with E-state index in [2.05, 4.69) is 21.1 Å². The normalized spacial score (nSPS) is 10.5. The highest BCUT2D eigenvalue weighted by molar-refractivity contribution is 5.12. The third-order valence-electron chi connectivity index (χ3n) is 2.12. The summed E-state index contributed by atoms with van der Waals surface area (Å²) in [7, 11) is 0. The molecule has 0 amide bonds. The Morgan fingerprint density at radius 1 is 1.33 bits per heavy atom. The molecule has 5 nitrogen and oxygen atoms in total. The Bertz CT molecular complexity index is 431. The van der Waals surface area contributed by atoms with Gasteiger partial charge in [-0.05, 0) is 18.6 Å². The number of anilines is 1. The van der Waals surface area contributed by atoms with Crippen LogP contribution in [0.4, 0.5) is 5.95 Å². The predicted molar refractivity (Wildman–Crippen MR) is 57.1 cm³/mol. The Morgan fingerprint density at radius 3 is 2.80 bits per heavy atom. The number of rotatable bonds is 3. The first-order valence-electron chi connectivity index (χ1n) is 4.80. The smallest absolute Gasteiger partial charge is 0.239 e. The second-order valence-corrected chi connectivity index (χ2v) is 3.44. The Balaban J connectivity index is 1.96. The van der Waals surface area contributed by atoms with Crippen LogP contribution in [0.2, 0.25) is 0 Å². The number of nitrogens with zero attached hydrogens (tertiary/aromatic N) is 4. The topological polar surface area (TPSA) is 69.6 Å². The molecule has 0 aromatic carbocycles. The zero-order chi connectivity index (χ0) is 10.7. The number of nitrogens with two attached hydrogens (primary N) is 1. The number of aromatic nitrogens is 4. The van der Waals surface area contributed by atoms with E-state index in [4.69, 9.17) is 5.73 Å². The van der Waals surface area contributed by atoms with Gasteiger partial charge in [0.2, 0.25) is 5.95 Å². The van der Waals surface area contributed by atoms with Gasteiger partial charge in [-0.1, -0.05) is 6.07 Å². The molecule has 78 valence electrons. The summed E-state index contributed by atoms with van der Waals surface area (Å²) in [6.45, 7) is 2.77. The fraction of sp³-hybridized carbons (Fsp3) is 0.300. The first-order valence-corrected chi connectivity index (χ1v) is 4.80. The van der Waals surface area contributed by atoms with Gasteiger partial charge in [0.15, 0.2) is 0 Å². The molecule has 2 N–H and O–H groups in total. The summed E-state index contributed by atoms with van der Waals surface area (Å²) in [4.78, 5) is 8.16. The molecule has 2 aromatic heterocycles. The molecule has 2 aromatic rings. The SMILES string of the molecule is Cc1ccc(CCn2cnc(N)n2)nc1. The number of hydrogen-bond acceptors (Lipinski definition) is 4. The van der Waals surface area contributed by atoms with Crippen molar-refractivity contribution in [1.29, 1.82) is 0 Å². The average Bonchev–Trinajstić information content (AvgIpc) is 2.64. The van der Waals surface area contributed by atoms with E-state index >= 15 is 0 Å². The highest BCUT2D eigenvalue weighted by atomic mass is 15.3. The van der Waals surface area contributed by atoms with Crippen molar-refractivity contribution in [2.24, 2.45) is 0 Å². The summed E-state index contributed by atoms with van der Waals surface area (Å²) in [6.07, 6.45) is 4.33. The molecule has 0 unspecified atom stereocenters. The van der Waals surface area contributed by atoms with Crippen molar-refractivity contribution in [2.45, 2.75) is 19.9 Å². The largest absolute Gasteiger partial charge is 0.367 e. The van der Waals surface area contributed by atoms with Crippen LogP contribution in [-0.2, 0) is 13.0 Å². The zero-order valence-electron chi connectivity index (χ0n) is 8.59. The van der Waals surface area contributed by atoms with Gasteiger partial charge >= 0.3 is 0 Å². The van der Waals surface area contributed by atoms with E-state index in [9.17, 15) is 0 Å². The maximum Gasteiger partial charge on any atom is 0.239 e. The molecular weight excluding hydrogens is 190 g/mol. The van der Waals surface area contributed by atoms with Crippen LogP contribution in [0.1, 0.15) is 11.3 Å². The lowest BCUT2D eigenvalue weighted by atomic mass is 10.2. The van der Waals surface area contributed by atoms with Crippen molar-refractivity contribution < 1.29 is 0 Å². The van der Waals surface area contributed by atoms with E-state index in [1.165, 1.54) is 5.56 Å². The summed E-state index contributed by atoms with van der Waals surface area (Å²) < 4.78 is 1.72. The van der Waals surface area contributed by atoms with E-state index in [1.54, 1.807) is 11.0 Å². The lowest BCUT2D eigenvalue weighted by molar-refractivity contribution is 0.608. The van der Waals surface area contributed by atoms with Gasteiger partial charge in [0.05, 0.1) is 0 Å². The lowest BCUT2D eigenvalue weighted by Gasteiger charge is -2.00. The summed E-state index contributed by atoms with van der Waals surface area (Å²) >= 11 is 0. The van der Waals surface area contributed by atoms with Crippen molar-refractivity contribution in [2.75, 3.05) is 5.73 Å². The van der Waals surface area contributed by atoms with Crippen molar-refractivity contribution >= 4 is 5.95 Å². The van der Waals surface area contributed by atoms with Crippen LogP contribution in [-0.4, -0.2) is 19.7 Å². The van der Waals surface area contributed by atoms with Crippen molar-refractivity contribution in [3.63, 3.8) is 0 Å². The van der Waals surface area contributed by atoms with Gasteiger partial charge in [-0.3, -0.25) is 9.67 Å². The Hall–Kier alpha value is -1.91. The van der Waals surface area contributed by atoms with E-state index in [1.807, 2.05) is 19.2 Å². The first kappa shape index (κ1) is 9.64. The molecule has 0 bridgehead atoms. The van der Waals surface area contributed by atoms with Crippen LogP contribution in [0.25, 0.3) is 0 Å². The first-order chi connectivity index (χ1) is 7.24. The fourth-order valence-electron chi connectivity index (χ4n) is 1.29. The maximum atomic E-state index is 5.41. The average molecular weight is 203 g/mol. The Kier molecular flexibility index (Phi) is 2.62. The van der Waals surface area contributed by atoms with Crippen molar-refractivity contribution in [3.8, 4) is 0 Å². The summed E-state index contributed by atoms with van der Waals surface area (Å²) in [6, 6.07) is 4.08. The van der Waals surface area contributed by atoms with Gasteiger partial charge < -0.3 is 5.73 Å². The van der Waals surface area contributed by atoms with Gasteiger partial charge in [0, 0.05) is 24.9 Å². The van der Waals surface area contributed by atoms with Crippen LogP contribution in [0.3, 0.4) is 0 Å². The number of hydrogen-bond donors (Lipinski definition) is 1. The molecule has 0 radical (unpaired) electrons. The third kappa shape index (κ3) is 2.52. The van der Waals surface area contributed by atoms with Crippen molar-refractivity contribution in [1.82, 2.24) is 19.7 Å². The summed E-state index contributed by atoms with van der Waals surface area (Å²) in [5.74, 6) is 0.312. The molecule has 0 aliphatic rings. The van der Waals surface area contributed by atoms with Gasteiger partial charge in [0.25, 0.3) is 0 Å². The second kappa shape index (κ2) is 4.08. The molecule has 0 aliphatic heterocycles. The molecule has 15 heavy (non-hydrogen) atoms. The van der Waals surface area contributed by atoms with Crippen LogP contribution >= 0.6 is 0 Å². The van der Waals surface area contributed by atoms with E-state index < -0.39 is 0 Å². The Morgan fingerprint density at radius 2 is 2.20 bits per heavy atom. The predicted octanol–water partition coefficient (Wildman–Crippen LogP) is 0.806. The third-order valence-corrected chi connectivity index (χ3v) is 2.12. The lowest BCUT2D eigenvalue weighted by Crippen LogP contribution is -2.03. The summed E-state index contributed by atoms with van der Waals surface area (Å²) in [5.41, 5.74) is 7.63. The van der Waals surface area contributed by atoms with Crippen LogP contribution in [0.15, 0.2) is 24.7 Å². The number of nitrogen functional groups attached to an aromatic ring is 1. The highest BCUT2D eigenvalue weighted by Crippen LogP contribution is 2.01. The van der Waals surface area contributed by atoms with Gasteiger partial charge in [0.1, 0.15) is 6.33 Å². The Labute approximate surface area is 88.0 Å². The van der Waals surface area contributed by atoms with Gasteiger partial charge in [-0.15, -0.1) is 5.10 Å². The minimum absolute atomic E-state index is 0.312. The molecule has 2 heterocycles. The van der Waals surface area contributed by atoms with Crippen molar-refractivity contribution in [3.05, 3.63) is 35.9 Å². The van der Waals surface area contributed by atoms with Gasteiger partial charge in [-0.25, -0.2) is 4.98 Å². The molecular formula is C10H13N5. The van der Waals surface area contributed by atoms with E-state index in [0.717, 1.165) is 18.7 Å². The molecule has 0 aliphatic carbocycles. The van der Waals surface area contributed by atoms with Crippen LogP contribution in [0, 0.1) is 6.92 Å². The molecule has 0 saturated carbocycles. The van der Waals surface area contributed by atoms with E-state index in [0.29, 0.717) is 5.95 Å². The molecule has 5 heteroatoms. The molecule has 0 spiro atoms. The number of aryl methyl sites for hydroxylation is 3. The molecule has 0 fully saturated rings. The quantitative estimate of drug-likeness (QED) is 0.801. The summed E-state index contributed by atoms with van der Waals surface area (Å²) in [5, 5.41) is 4.00. The van der Waals surface area contributed by atoms with Crippen LogP contribution in [0.5, 0.6) is 0 Å². The molecule has 2 rings (SSSR count). The minimum Gasteiger partial charge on any atom is -0.367 e. The minimum atomic E-state index is 0.312. The molecule has 0 saturated heterocycles. The van der Waals surface area contributed by atoms with E-state index in [-0.39, 0.29) is 0 Å². The zero-order valence-corrected chi connectivity index (χ0v) is 8.59. The fourth-order valence-corrected chi connectivity index (χ4v) is 1.29. The molecule has 0 atom stereocenters. The van der Waals surface area contributed by atoms with Crippen LogP contribution < -0.4 is 5.73 Å². The standard InChI is InChI=1S/C10H13N5/c1-8-2-3-9(12-6-8)4-5-15-7-13-10(11)14-15/h2-3,6-7H,4-5H2,1H3,(H2,11,14). The number of pyridine rings is 1. The monoisotopic (exact) mass is 203 g/mol.